The van der Waals surface area contributed by atoms with Crippen molar-refractivity contribution >= 4 is 12.4 Å². The van der Waals surface area contributed by atoms with E-state index >= 15 is 0 Å². The van der Waals surface area contributed by atoms with Crippen LogP contribution >= 0.6 is 12.4 Å². The molecule has 0 spiro atoms. The first kappa shape index (κ1) is 22.1. The Labute approximate surface area is 127 Å². The van der Waals surface area contributed by atoms with Crippen molar-refractivity contribution in [3.8, 4) is 0 Å². The SMILES string of the molecule is CC=CC=C(C)C(C)(O)C(C)=CC=CC.Cl.[Ti]. The van der Waals surface area contributed by atoms with Crippen molar-refractivity contribution in [3.05, 3.63) is 47.6 Å². The van der Waals surface area contributed by atoms with E-state index in [1.165, 1.54) is 0 Å². The van der Waals surface area contributed by atoms with Crippen LogP contribution in [0.5, 0.6) is 0 Å². The van der Waals surface area contributed by atoms with E-state index in [0.717, 1.165) is 11.1 Å². The summed E-state index contributed by atoms with van der Waals surface area (Å²) in [6, 6.07) is 0. The Morgan fingerprint density at radius 1 is 0.941 bits per heavy atom. The minimum atomic E-state index is -0.862. The zero-order valence-corrected chi connectivity index (χ0v) is 13.7. The average molecular weight is 291 g/mol. The van der Waals surface area contributed by atoms with Crippen LogP contribution in [0.4, 0.5) is 0 Å². The maximum atomic E-state index is 10.3. The monoisotopic (exact) mass is 290 g/mol. The van der Waals surface area contributed by atoms with Gasteiger partial charge in [-0.1, -0.05) is 36.5 Å². The van der Waals surface area contributed by atoms with Gasteiger partial charge in [-0.2, -0.15) is 0 Å². The standard InChI is InChI=1S/C14H22O.ClH.Ti/c1-6-8-10-12(3)14(5,15)13(4)11-9-7-2;;/h6-11,15H,1-5H3;1H;. The zero-order chi connectivity index (χ0) is 11.9. The summed E-state index contributed by atoms with van der Waals surface area (Å²) >= 11 is 0. The van der Waals surface area contributed by atoms with Gasteiger partial charge in [-0.05, 0) is 45.8 Å². The Bertz CT molecular complexity index is 282. The number of aliphatic hydroxyl groups is 1. The van der Waals surface area contributed by atoms with Gasteiger partial charge in [-0.3, -0.25) is 0 Å². The zero-order valence-electron chi connectivity index (χ0n) is 11.3. The second-order valence-electron chi connectivity index (χ2n) is 3.82. The molecule has 0 amide bonds. The molecule has 0 aromatic heterocycles. The van der Waals surface area contributed by atoms with E-state index in [-0.39, 0.29) is 34.1 Å². The van der Waals surface area contributed by atoms with Gasteiger partial charge in [-0.15, -0.1) is 12.4 Å². The fraction of sp³-hybridized carbons (Fsp3) is 0.429. The summed E-state index contributed by atoms with van der Waals surface area (Å²) in [6.45, 7) is 9.61. The molecule has 0 radical (unpaired) electrons. The van der Waals surface area contributed by atoms with Gasteiger partial charge in [0, 0.05) is 21.7 Å². The fourth-order valence-corrected chi connectivity index (χ4v) is 1.12. The molecular formula is C14H23ClOTi. The van der Waals surface area contributed by atoms with Gasteiger partial charge in [0.05, 0.1) is 0 Å². The Morgan fingerprint density at radius 2 is 1.24 bits per heavy atom. The molecule has 0 saturated carbocycles. The molecule has 0 aliphatic rings. The van der Waals surface area contributed by atoms with Crippen LogP contribution < -0.4 is 0 Å². The molecule has 0 aliphatic heterocycles. The topological polar surface area (TPSA) is 20.2 Å². The van der Waals surface area contributed by atoms with Crippen LogP contribution in [0.25, 0.3) is 0 Å². The quantitative estimate of drug-likeness (QED) is 0.608. The number of hydrogen-bond acceptors (Lipinski definition) is 1. The van der Waals surface area contributed by atoms with Crippen LogP contribution in [0.1, 0.15) is 34.6 Å². The normalized spacial score (nSPS) is 16.6. The van der Waals surface area contributed by atoms with Crippen LogP contribution in [0.2, 0.25) is 0 Å². The minimum Gasteiger partial charge on any atom is -0.381 e. The molecule has 0 unspecified atom stereocenters. The van der Waals surface area contributed by atoms with Gasteiger partial charge in [-0.25, -0.2) is 0 Å². The number of allylic oxidation sites excluding steroid dienone is 6. The molecule has 0 aliphatic carbocycles. The molecule has 0 heterocycles. The molecule has 0 aromatic rings. The van der Waals surface area contributed by atoms with E-state index in [1.54, 1.807) is 0 Å². The van der Waals surface area contributed by atoms with Crippen molar-refractivity contribution in [1.82, 2.24) is 0 Å². The molecular weight excluding hydrogens is 267 g/mol. The third kappa shape index (κ3) is 7.78. The van der Waals surface area contributed by atoms with E-state index in [1.807, 2.05) is 71.1 Å². The fourth-order valence-electron chi connectivity index (χ4n) is 1.12. The third-order valence-electron chi connectivity index (χ3n) is 2.61. The molecule has 0 aromatic carbocycles. The summed E-state index contributed by atoms with van der Waals surface area (Å²) in [5, 5.41) is 10.3. The Morgan fingerprint density at radius 3 is 1.47 bits per heavy atom. The molecule has 0 rings (SSSR count). The summed E-state index contributed by atoms with van der Waals surface area (Å²) in [4.78, 5) is 0. The summed E-state index contributed by atoms with van der Waals surface area (Å²) < 4.78 is 0. The van der Waals surface area contributed by atoms with Gasteiger partial charge < -0.3 is 5.11 Å². The summed E-state index contributed by atoms with van der Waals surface area (Å²) in [7, 11) is 0. The number of halogens is 1. The Kier molecular flexibility index (Phi) is 14.4. The van der Waals surface area contributed by atoms with Gasteiger partial charge in [0.2, 0.25) is 0 Å². The summed E-state index contributed by atoms with van der Waals surface area (Å²) in [5.74, 6) is 0. The van der Waals surface area contributed by atoms with Crippen molar-refractivity contribution in [3.63, 3.8) is 0 Å². The van der Waals surface area contributed by atoms with Crippen LogP contribution in [-0.4, -0.2) is 10.7 Å². The smallest absolute Gasteiger partial charge is 0.104 e. The van der Waals surface area contributed by atoms with E-state index in [4.69, 9.17) is 0 Å². The van der Waals surface area contributed by atoms with Crippen LogP contribution in [0.15, 0.2) is 47.6 Å². The van der Waals surface area contributed by atoms with Gasteiger partial charge in [0.15, 0.2) is 0 Å². The van der Waals surface area contributed by atoms with E-state index < -0.39 is 5.60 Å². The van der Waals surface area contributed by atoms with Crippen LogP contribution in [0, 0.1) is 0 Å². The summed E-state index contributed by atoms with van der Waals surface area (Å²) in [5.41, 5.74) is 1.02. The molecule has 3 heteroatoms. The molecule has 1 nitrogen and oxygen atoms in total. The number of rotatable bonds is 4. The molecule has 17 heavy (non-hydrogen) atoms. The molecule has 0 atom stereocenters. The first-order valence-electron chi connectivity index (χ1n) is 5.29. The first-order chi connectivity index (χ1) is 6.96. The largest absolute Gasteiger partial charge is 0.381 e. The van der Waals surface area contributed by atoms with Crippen LogP contribution in [0.3, 0.4) is 0 Å². The van der Waals surface area contributed by atoms with Crippen molar-refractivity contribution < 1.29 is 26.8 Å². The minimum absolute atomic E-state index is 0. The van der Waals surface area contributed by atoms with E-state index in [0.29, 0.717) is 0 Å². The average Bonchev–Trinajstić information content (AvgIpc) is 2.21. The van der Waals surface area contributed by atoms with E-state index in [2.05, 4.69) is 0 Å². The third-order valence-corrected chi connectivity index (χ3v) is 2.61. The molecule has 0 saturated heterocycles. The first-order valence-corrected chi connectivity index (χ1v) is 5.29. The van der Waals surface area contributed by atoms with Gasteiger partial charge in [0.1, 0.15) is 5.60 Å². The van der Waals surface area contributed by atoms with Crippen molar-refractivity contribution in [2.75, 3.05) is 0 Å². The van der Waals surface area contributed by atoms with Gasteiger partial charge in [0.25, 0.3) is 0 Å². The molecule has 0 fully saturated rings. The van der Waals surface area contributed by atoms with Crippen LogP contribution in [-0.2, 0) is 21.7 Å². The maximum absolute atomic E-state index is 10.3. The predicted molar refractivity (Wildman–Crippen MR) is 75.0 cm³/mol. The predicted octanol–water partition coefficient (Wildman–Crippen LogP) is 4.20. The maximum Gasteiger partial charge on any atom is 0.104 e. The molecule has 0 bridgehead atoms. The summed E-state index contributed by atoms with van der Waals surface area (Å²) in [6.07, 6.45) is 11.6. The van der Waals surface area contributed by atoms with E-state index in [9.17, 15) is 5.11 Å². The van der Waals surface area contributed by atoms with Crippen molar-refractivity contribution in [2.45, 2.75) is 40.2 Å². The second-order valence-corrected chi connectivity index (χ2v) is 3.82. The number of hydrogen-bond donors (Lipinski definition) is 1. The molecule has 96 valence electrons. The Balaban J connectivity index is -0.000000980. The second kappa shape index (κ2) is 11.0. The van der Waals surface area contributed by atoms with Gasteiger partial charge >= 0.3 is 0 Å². The van der Waals surface area contributed by atoms with Crippen molar-refractivity contribution in [1.29, 1.82) is 0 Å². The van der Waals surface area contributed by atoms with Crippen molar-refractivity contribution in [2.24, 2.45) is 0 Å². The Hall–Kier alpha value is -0.0757. The molecule has 1 N–H and O–H groups in total.